The molecule has 2 aromatic carbocycles. The van der Waals surface area contributed by atoms with E-state index in [9.17, 15) is 48.3 Å². The van der Waals surface area contributed by atoms with Gasteiger partial charge in [-0.2, -0.15) is 17.6 Å². The van der Waals surface area contributed by atoms with E-state index in [2.05, 4.69) is 20.0 Å². The fraction of sp³-hybridized carbons (Fsp3) is 0.595. The van der Waals surface area contributed by atoms with Gasteiger partial charge in [-0.1, -0.05) is 0 Å². The molecule has 0 bridgehead atoms. The molecule has 9 nitrogen and oxygen atoms in total. The van der Waals surface area contributed by atoms with E-state index in [4.69, 9.17) is 0 Å². The van der Waals surface area contributed by atoms with Crippen LogP contribution in [0.25, 0.3) is 22.1 Å². The molecule has 0 spiro atoms. The van der Waals surface area contributed by atoms with Gasteiger partial charge < -0.3 is 14.5 Å². The molecule has 4 aromatic rings. The summed E-state index contributed by atoms with van der Waals surface area (Å²) in [5.74, 6) is -13.0. The van der Waals surface area contributed by atoms with Gasteiger partial charge >= 0.3 is 11.8 Å². The molecule has 18 heteroatoms. The zero-order valence-electron chi connectivity index (χ0n) is 30.6. The monoisotopic (exact) mass is 804 g/mol. The van der Waals surface area contributed by atoms with Gasteiger partial charge in [0, 0.05) is 65.2 Å². The molecular formula is C37H44F8N6O3S. The van der Waals surface area contributed by atoms with Gasteiger partial charge in [0.2, 0.25) is 27.8 Å². The van der Waals surface area contributed by atoms with Gasteiger partial charge in [-0.15, -0.1) is 0 Å². The molecule has 0 radical (unpaired) electrons. The Hall–Kier alpha value is -3.96. The van der Waals surface area contributed by atoms with Crippen LogP contribution in [-0.2, 0) is 39.8 Å². The summed E-state index contributed by atoms with van der Waals surface area (Å²) in [7, 11) is -3.48. The van der Waals surface area contributed by atoms with Crippen molar-refractivity contribution in [2.45, 2.75) is 127 Å². The molecule has 0 aliphatic heterocycles. The quantitative estimate of drug-likeness (QED) is 0.155. The van der Waals surface area contributed by atoms with Crippen molar-refractivity contribution in [3.63, 3.8) is 0 Å². The summed E-state index contributed by atoms with van der Waals surface area (Å²) in [5.41, 5.74) is 2.28. The number of imidazole rings is 2. The Bertz CT molecular complexity index is 2130. The van der Waals surface area contributed by atoms with E-state index >= 15 is 0 Å². The third-order valence-corrected chi connectivity index (χ3v) is 12.2. The van der Waals surface area contributed by atoms with E-state index in [1.165, 1.54) is 34.3 Å². The number of carbonyl (C=O) groups is 1. The van der Waals surface area contributed by atoms with Gasteiger partial charge in [0.25, 0.3) is 0 Å². The van der Waals surface area contributed by atoms with Crippen LogP contribution in [0.3, 0.4) is 0 Å². The average molecular weight is 805 g/mol. The van der Waals surface area contributed by atoms with Crippen LogP contribution in [0.5, 0.6) is 0 Å². The van der Waals surface area contributed by atoms with E-state index in [0.717, 1.165) is 13.8 Å². The normalized spacial score (nSPS) is 19.6. The maximum absolute atomic E-state index is 14.2. The molecule has 3 aliphatic rings. The Morgan fingerprint density at radius 2 is 1.13 bits per heavy atom. The Morgan fingerprint density at radius 1 is 0.727 bits per heavy atom. The number of sulfonamides is 1. The number of halogens is 8. The second kappa shape index (κ2) is 14.8. The Kier molecular flexibility index (Phi) is 11.0. The molecule has 2 aromatic heterocycles. The molecule has 2 N–H and O–H groups in total. The summed E-state index contributed by atoms with van der Waals surface area (Å²) in [6.07, 6.45) is 1.43. The van der Waals surface area contributed by atoms with Crippen LogP contribution in [0, 0.1) is 11.8 Å². The molecule has 3 fully saturated rings. The van der Waals surface area contributed by atoms with E-state index in [-0.39, 0.29) is 86.4 Å². The molecule has 7 rings (SSSR count). The third-order valence-electron chi connectivity index (χ3n) is 10.4. The first-order valence-corrected chi connectivity index (χ1v) is 19.9. The minimum absolute atomic E-state index is 0.0943. The predicted octanol–water partition coefficient (Wildman–Crippen LogP) is 9.81. The number of hydrogen-bond donors (Lipinski definition) is 2. The molecule has 0 unspecified atom stereocenters. The molecule has 55 heavy (non-hydrogen) atoms. The van der Waals surface area contributed by atoms with Crippen molar-refractivity contribution < 1.29 is 48.3 Å². The fourth-order valence-electron chi connectivity index (χ4n) is 7.35. The lowest BCUT2D eigenvalue weighted by molar-refractivity contribution is -0.114. The highest BCUT2D eigenvalue weighted by Crippen LogP contribution is 2.41. The van der Waals surface area contributed by atoms with Crippen LogP contribution in [0.15, 0.2) is 36.4 Å². The molecule has 3 aliphatic carbocycles. The number of aromatic nitrogens is 4. The molecule has 0 saturated heterocycles. The zero-order valence-corrected chi connectivity index (χ0v) is 31.4. The fourth-order valence-corrected chi connectivity index (χ4v) is 8.73. The van der Waals surface area contributed by atoms with Crippen molar-refractivity contribution in [2.75, 3.05) is 10.0 Å². The highest BCUT2D eigenvalue weighted by molar-refractivity contribution is 7.93. The van der Waals surface area contributed by atoms with Gasteiger partial charge in [0.05, 0.1) is 33.0 Å². The highest BCUT2D eigenvalue weighted by Gasteiger charge is 2.40. The lowest BCUT2D eigenvalue weighted by atomic mass is 9.86. The maximum atomic E-state index is 14.2. The summed E-state index contributed by atoms with van der Waals surface area (Å²) in [6.45, 7) is 3.28. The van der Waals surface area contributed by atoms with Crippen molar-refractivity contribution in [1.29, 1.82) is 0 Å². The number of carbonyl (C=O) groups excluding carboxylic acids is 1. The number of alkyl halides is 8. The first-order valence-electron chi connectivity index (χ1n) is 18.3. The molecular weight excluding hydrogens is 760 g/mol. The van der Waals surface area contributed by atoms with Crippen LogP contribution in [0.4, 0.5) is 46.5 Å². The number of hydrogen-bond acceptors (Lipinski definition) is 5. The maximum Gasteiger partial charge on any atom is 0.302 e. The molecule has 3 saturated carbocycles. The second-order valence-corrected chi connectivity index (χ2v) is 17.4. The molecule has 1 amide bonds. The van der Waals surface area contributed by atoms with E-state index in [1.54, 1.807) is 18.2 Å². The smallest absolute Gasteiger partial charge is 0.302 e. The van der Waals surface area contributed by atoms with Gasteiger partial charge in [0.15, 0.2) is 11.6 Å². The molecule has 0 atom stereocenters. The number of amides is 1. The van der Waals surface area contributed by atoms with Crippen molar-refractivity contribution in [1.82, 2.24) is 19.1 Å². The molecule has 302 valence electrons. The average Bonchev–Trinajstić information content (AvgIpc) is 3.79. The van der Waals surface area contributed by atoms with Crippen LogP contribution >= 0.6 is 0 Å². The van der Waals surface area contributed by atoms with Crippen molar-refractivity contribution >= 4 is 49.4 Å². The van der Waals surface area contributed by atoms with Crippen LogP contribution in [-0.4, -0.2) is 50.5 Å². The topological polar surface area (TPSA) is 111 Å². The standard InChI is InChI=1S/C19H23F4N3O2S.C18H21F4N3O/c1-18(20,21)17-24-15-10-13(25-29(27,28)14-3-4-14)2-5-16(15)26(17)11-12-6-8-19(22,23)9-7-12;1-11(26)23-13-3-4-15-14(9-13)24-16(17(2,19)20)25(15)10-12-5-7-18(21,22)8-6-12/h2,5,10,12,14,25H,3-4,6-9,11H2,1H3;3-4,9,12H,5-8,10H2,1-2H3,(H,23,26). The Labute approximate surface area is 313 Å². The van der Waals surface area contributed by atoms with Gasteiger partial charge in [0.1, 0.15) is 0 Å². The zero-order chi connectivity index (χ0) is 40.1. The van der Waals surface area contributed by atoms with Gasteiger partial charge in [-0.3, -0.25) is 9.52 Å². The van der Waals surface area contributed by atoms with E-state index in [1.807, 2.05) is 0 Å². The summed E-state index contributed by atoms with van der Waals surface area (Å²) >= 11 is 0. The number of nitrogens with one attached hydrogen (secondary N) is 2. The van der Waals surface area contributed by atoms with Crippen LogP contribution < -0.4 is 10.0 Å². The summed E-state index contributed by atoms with van der Waals surface area (Å²) in [4.78, 5) is 19.3. The Morgan fingerprint density at radius 3 is 1.51 bits per heavy atom. The van der Waals surface area contributed by atoms with Crippen molar-refractivity contribution in [3.8, 4) is 0 Å². The van der Waals surface area contributed by atoms with Crippen molar-refractivity contribution in [2.24, 2.45) is 11.8 Å². The second-order valence-electron chi connectivity index (χ2n) is 15.4. The predicted molar refractivity (Wildman–Crippen MR) is 192 cm³/mol. The Balaban J connectivity index is 0.000000188. The van der Waals surface area contributed by atoms with Crippen molar-refractivity contribution in [3.05, 3.63) is 48.0 Å². The minimum atomic E-state index is -3.48. The minimum Gasteiger partial charge on any atom is -0.326 e. The SMILES string of the molecule is CC(=O)Nc1ccc2c(c1)nc(C(C)(F)F)n2CC1CCC(F)(F)CC1.CC(F)(F)c1nc2cc(NS(=O)(=O)C3CC3)ccc2n1CC1CCC(F)(F)CC1. The first-order chi connectivity index (χ1) is 25.5. The number of fused-ring (bicyclic) bond motifs is 2. The number of benzene rings is 2. The number of anilines is 2. The first kappa shape index (κ1) is 40.7. The number of rotatable bonds is 10. The summed E-state index contributed by atoms with van der Waals surface area (Å²) in [6, 6.07) is 9.30. The van der Waals surface area contributed by atoms with Gasteiger partial charge in [-0.25, -0.2) is 35.9 Å². The third kappa shape index (κ3) is 9.89. The largest absolute Gasteiger partial charge is 0.326 e. The van der Waals surface area contributed by atoms with E-state index in [0.29, 0.717) is 47.9 Å². The highest BCUT2D eigenvalue weighted by atomic mass is 32.2. The van der Waals surface area contributed by atoms with Crippen LogP contribution in [0.2, 0.25) is 0 Å². The van der Waals surface area contributed by atoms with Gasteiger partial charge in [-0.05, 0) is 86.8 Å². The molecule has 2 heterocycles. The van der Waals surface area contributed by atoms with Crippen LogP contribution in [0.1, 0.15) is 96.6 Å². The lowest BCUT2D eigenvalue weighted by Gasteiger charge is -2.29. The summed E-state index contributed by atoms with van der Waals surface area (Å²) in [5, 5.41) is 2.19. The lowest BCUT2D eigenvalue weighted by Crippen LogP contribution is -2.28. The number of nitrogens with zero attached hydrogens (tertiary/aromatic N) is 4. The summed E-state index contributed by atoms with van der Waals surface area (Å²) < 4.78 is 140. The van der Waals surface area contributed by atoms with E-state index < -0.39 is 44.8 Å².